The predicted octanol–water partition coefficient (Wildman–Crippen LogP) is -0.877. The molecule has 1 aliphatic rings. The summed E-state index contributed by atoms with van der Waals surface area (Å²) in [7, 11) is -3.58. The largest absolute Gasteiger partial charge is 0.326 e. The van der Waals surface area contributed by atoms with Crippen molar-refractivity contribution in [1.29, 1.82) is 0 Å². The molecule has 1 heterocycles. The Kier molecular flexibility index (Phi) is 2.45. The third-order valence-electron chi connectivity index (χ3n) is 2.17. The number of aromatic nitrogens is 1. The smallest absolute Gasteiger partial charge is 0.305 e. The number of hydrogen-bond donors (Lipinski definition) is 3. The first-order chi connectivity index (χ1) is 6.90. The van der Waals surface area contributed by atoms with Gasteiger partial charge in [-0.3, -0.25) is 4.79 Å². The highest BCUT2D eigenvalue weighted by atomic mass is 32.2. The quantitative estimate of drug-likeness (QED) is 0.647. The standard InChI is InChI=1S/C7H11N3O3S2/c1-3-6(14-7(11)9-3)15(12,13)10-5-2-4(5)8/h4-5,10H,2,8H2,1H3,(H,9,11). The van der Waals surface area contributed by atoms with Crippen LogP contribution in [0.15, 0.2) is 9.00 Å². The molecule has 15 heavy (non-hydrogen) atoms. The third kappa shape index (κ3) is 2.12. The maximum atomic E-state index is 11.7. The van der Waals surface area contributed by atoms with E-state index in [4.69, 9.17) is 5.73 Å². The number of thiazole rings is 1. The molecule has 1 aliphatic carbocycles. The van der Waals surface area contributed by atoms with Crippen LogP contribution in [-0.4, -0.2) is 25.5 Å². The molecule has 1 fully saturated rings. The highest BCUT2D eigenvalue weighted by Crippen LogP contribution is 2.23. The number of rotatable bonds is 3. The van der Waals surface area contributed by atoms with Crippen molar-refractivity contribution in [2.24, 2.45) is 5.73 Å². The van der Waals surface area contributed by atoms with Crippen LogP contribution in [0.4, 0.5) is 0 Å². The summed E-state index contributed by atoms with van der Waals surface area (Å²) in [5, 5.41) is 0. The molecule has 1 aromatic heterocycles. The first kappa shape index (κ1) is 10.8. The molecule has 2 rings (SSSR count). The second kappa shape index (κ2) is 3.41. The summed E-state index contributed by atoms with van der Waals surface area (Å²) in [4.78, 5) is 13.0. The first-order valence-corrected chi connectivity index (χ1v) is 6.68. The molecule has 2 unspecified atom stereocenters. The van der Waals surface area contributed by atoms with Crippen molar-refractivity contribution in [3.8, 4) is 0 Å². The summed E-state index contributed by atoms with van der Waals surface area (Å²) in [6, 6.07) is -0.289. The van der Waals surface area contributed by atoms with Crippen LogP contribution < -0.4 is 15.3 Å². The van der Waals surface area contributed by atoms with Crippen molar-refractivity contribution >= 4 is 21.4 Å². The number of H-pyrrole nitrogens is 1. The molecule has 0 amide bonds. The van der Waals surface area contributed by atoms with E-state index in [0.717, 1.165) is 0 Å². The van der Waals surface area contributed by atoms with Crippen molar-refractivity contribution in [3.05, 3.63) is 15.4 Å². The molecule has 0 aromatic carbocycles. The van der Waals surface area contributed by atoms with Gasteiger partial charge < -0.3 is 10.7 Å². The average Bonchev–Trinajstić information content (AvgIpc) is 2.62. The van der Waals surface area contributed by atoms with Crippen LogP contribution in [0.2, 0.25) is 0 Å². The Morgan fingerprint density at radius 2 is 2.20 bits per heavy atom. The Morgan fingerprint density at radius 1 is 1.60 bits per heavy atom. The van der Waals surface area contributed by atoms with E-state index in [-0.39, 0.29) is 21.2 Å². The fourth-order valence-corrected chi connectivity index (χ4v) is 3.87. The number of nitrogens with two attached hydrogens (primary N) is 1. The van der Waals surface area contributed by atoms with Crippen LogP contribution in [0, 0.1) is 6.92 Å². The Bertz CT molecular complexity index is 530. The zero-order chi connectivity index (χ0) is 11.2. The summed E-state index contributed by atoms with van der Waals surface area (Å²) in [6.07, 6.45) is 0.650. The highest BCUT2D eigenvalue weighted by molar-refractivity contribution is 7.91. The first-order valence-electron chi connectivity index (χ1n) is 4.38. The normalized spacial score (nSPS) is 25.5. The van der Waals surface area contributed by atoms with E-state index in [1.807, 2.05) is 0 Å². The van der Waals surface area contributed by atoms with E-state index >= 15 is 0 Å². The van der Waals surface area contributed by atoms with E-state index in [1.54, 1.807) is 6.92 Å². The van der Waals surface area contributed by atoms with Crippen LogP contribution in [0.3, 0.4) is 0 Å². The predicted molar refractivity (Wildman–Crippen MR) is 56.4 cm³/mol. The van der Waals surface area contributed by atoms with E-state index < -0.39 is 10.0 Å². The molecule has 0 spiro atoms. The summed E-state index contributed by atoms with van der Waals surface area (Å²) >= 11 is 0.690. The molecule has 0 saturated heterocycles. The van der Waals surface area contributed by atoms with Gasteiger partial charge in [0.25, 0.3) is 10.0 Å². The SMILES string of the molecule is Cc1[nH]c(=O)sc1S(=O)(=O)NC1CC1N. The molecule has 8 heteroatoms. The lowest BCUT2D eigenvalue weighted by Gasteiger charge is -2.03. The maximum Gasteiger partial charge on any atom is 0.305 e. The van der Waals surface area contributed by atoms with Crippen LogP contribution in [0.1, 0.15) is 12.1 Å². The summed E-state index contributed by atoms with van der Waals surface area (Å²) < 4.78 is 26.0. The summed E-state index contributed by atoms with van der Waals surface area (Å²) in [5.74, 6) is 0. The van der Waals surface area contributed by atoms with Crippen molar-refractivity contribution in [2.45, 2.75) is 29.6 Å². The molecule has 84 valence electrons. The molecule has 1 saturated carbocycles. The van der Waals surface area contributed by atoms with E-state index in [0.29, 0.717) is 23.5 Å². The van der Waals surface area contributed by atoms with Crippen LogP contribution in [0.25, 0.3) is 0 Å². The number of hydrogen-bond acceptors (Lipinski definition) is 5. The van der Waals surface area contributed by atoms with Crippen LogP contribution in [0.5, 0.6) is 0 Å². The van der Waals surface area contributed by atoms with Crippen molar-refractivity contribution in [3.63, 3.8) is 0 Å². The lowest BCUT2D eigenvalue weighted by atomic mass is 10.6. The van der Waals surface area contributed by atoms with Gasteiger partial charge in [0.2, 0.25) is 0 Å². The minimum atomic E-state index is -3.58. The van der Waals surface area contributed by atoms with Crippen molar-refractivity contribution in [1.82, 2.24) is 9.71 Å². The molecule has 2 atom stereocenters. The maximum absolute atomic E-state index is 11.7. The molecule has 0 aliphatic heterocycles. The third-order valence-corrected chi connectivity index (χ3v) is 5.27. The zero-order valence-corrected chi connectivity index (χ0v) is 9.61. The molecule has 6 nitrogen and oxygen atoms in total. The topological polar surface area (TPSA) is 105 Å². The van der Waals surface area contributed by atoms with Crippen LogP contribution in [-0.2, 0) is 10.0 Å². The molecule has 4 N–H and O–H groups in total. The Morgan fingerprint density at radius 3 is 2.60 bits per heavy atom. The zero-order valence-electron chi connectivity index (χ0n) is 7.98. The Hall–Kier alpha value is -0.700. The van der Waals surface area contributed by atoms with Gasteiger partial charge in [0.05, 0.1) is 0 Å². The van der Waals surface area contributed by atoms with Gasteiger partial charge in [0.1, 0.15) is 0 Å². The fourth-order valence-electron chi connectivity index (χ4n) is 1.25. The molecular formula is C7H11N3O3S2. The van der Waals surface area contributed by atoms with Gasteiger partial charge >= 0.3 is 4.87 Å². The number of aromatic amines is 1. The van der Waals surface area contributed by atoms with Gasteiger partial charge in [-0.05, 0) is 13.3 Å². The van der Waals surface area contributed by atoms with E-state index in [2.05, 4.69) is 9.71 Å². The van der Waals surface area contributed by atoms with Gasteiger partial charge in [0.15, 0.2) is 4.21 Å². The fraction of sp³-hybridized carbons (Fsp3) is 0.571. The molecule has 1 aromatic rings. The summed E-state index contributed by atoms with van der Waals surface area (Å²) in [5.41, 5.74) is 5.87. The minimum absolute atomic E-state index is 0.0478. The lowest BCUT2D eigenvalue weighted by Crippen LogP contribution is -2.29. The monoisotopic (exact) mass is 249 g/mol. The van der Waals surface area contributed by atoms with E-state index in [1.165, 1.54) is 0 Å². The Balaban J connectivity index is 2.29. The van der Waals surface area contributed by atoms with Gasteiger partial charge in [-0.1, -0.05) is 11.3 Å². The van der Waals surface area contributed by atoms with Crippen molar-refractivity contribution < 1.29 is 8.42 Å². The molecule has 0 bridgehead atoms. The molecular weight excluding hydrogens is 238 g/mol. The average molecular weight is 249 g/mol. The van der Waals surface area contributed by atoms with Gasteiger partial charge in [-0.25, -0.2) is 13.1 Å². The number of sulfonamides is 1. The minimum Gasteiger partial charge on any atom is -0.326 e. The van der Waals surface area contributed by atoms with Gasteiger partial charge in [-0.2, -0.15) is 0 Å². The lowest BCUT2D eigenvalue weighted by molar-refractivity contribution is 0.581. The number of aryl methyl sites for hydroxylation is 1. The second-order valence-corrected chi connectivity index (χ2v) is 6.45. The summed E-state index contributed by atoms with van der Waals surface area (Å²) in [6.45, 7) is 1.55. The van der Waals surface area contributed by atoms with Crippen molar-refractivity contribution in [2.75, 3.05) is 0 Å². The van der Waals surface area contributed by atoms with Gasteiger partial charge in [0, 0.05) is 17.8 Å². The van der Waals surface area contributed by atoms with Crippen LogP contribution >= 0.6 is 11.3 Å². The highest BCUT2D eigenvalue weighted by Gasteiger charge is 2.38. The van der Waals surface area contributed by atoms with E-state index in [9.17, 15) is 13.2 Å². The van der Waals surface area contributed by atoms with Gasteiger partial charge in [-0.15, -0.1) is 0 Å². The number of nitrogens with one attached hydrogen (secondary N) is 2. The second-order valence-electron chi connectivity index (χ2n) is 3.55. The molecule has 0 radical (unpaired) electrons. The Labute approximate surface area is 90.6 Å².